The summed E-state index contributed by atoms with van der Waals surface area (Å²) in [6.07, 6.45) is 5.37. The van der Waals surface area contributed by atoms with Crippen LogP contribution in [0.4, 0.5) is 11.6 Å². The molecule has 8 heteroatoms. The van der Waals surface area contributed by atoms with Gasteiger partial charge in [-0.25, -0.2) is 0 Å². The van der Waals surface area contributed by atoms with Crippen LogP contribution in [0.5, 0.6) is 5.88 Å². The Balaban J connectivity index is 1.73. The van der Waals surface area contributed by atoms with Crippen molar-refractivity contribution >= 4 is 11.6 Å². The molecule has 0 saturated carbocycles. The van der Waals surface area contributed by atoms with Gasteiger partial charge in [-0.15, -0.1) is 0 Å². The van der Waals surface area contributed by atoms with Crippen LogP contribution < -0.4 is 15.6 Å². The van der Waals surface area contributed by atoms with Crippen LogP contribution in [-0.4, -0.2) is 50.9 Å². The summed E-state index contributed by atoms with van der Waals surface area (Å²) in [5.74, 6) is 1.69. The first-order valence-corrected chi connectivity index (χ1v) is 8.58. The second-order valence-electron chi connectivity index (χ2n) is 7.50. The molecule has 1 fully saturated rings. The van der Waals surface area contributed by atoms with Crippen molar-refractivity contribution in [3.8, 4) is 5.88 Å². The molecule has 0 aromatic carbocycles. The number of hydrogen-bond acceptors (Lipinski definition) is 6. The van der Waals surface area contributed by atoms with E-state index in [0.717, 1.165) is 25.9 Å². The molecule has 0 spiro atoms. The average Bonchev–Trinajstić information content (AvgIpc) is 2.91. The number of aromatic nitrogens is 4. The topological polar surface area (TPSA) is 88.1 Å². The van der Waals surface area contributed by atoms with Crippen LogP contribution in [0, 0.1) is 0 Å². The standard InChI is InChI=1S/C17H26N6O2/c1-17(2,3)23-14(9-15(24)21-23)19-13-10-18-11-16(20-13)25-12-5-7-22(4)8-6-12/h9-12H,5-8H2,1-4H3,(H,19,20)(H,21,24). The fourth-order valence-electron chi connectivity index (χ4n) is 2.88. The first kappa shape index (κ1) is 17.5. The zero-order valence-electron chi connectivity index (χ0n) is 15.2. The Kier molecular flexibility index (Phi) is 4.80. The van der Waals surface area contributed by atoms with E-state index in [1.54, 1.807) is 17.1 Å². The largest absolute Gasteiger partial charge is 0.473 e. The van der Waals surface area contributed by atoms with E-state index in [1.165, 1.54) is 6.07 Å². The lowest BCUT2D eigenvalue weighted by Gasteiger charge is -2.28. The maximum absolute atomic E-state index is 11.7. The van der Waals surface area contributed by atoms with Crippen molar-refractivity contribution in [3.63, 3.8) is 0 Å². The van der Waals surface area contributed by atoms with Crippen molar-refractivity contribution < 1.29 is 4.74 Å². The minimum atomic E-state index is -0.263. The molecule has 0 bridgehead atoms. The predicted molar refractivity (Wildman–Crippen MR) is 96.5 cm³/mol. The first-order chi connectivity index (χ1) is 11.8. The van der Waals surface area contributed by atoms with Crippen molar-refractivity contribution in [2.45, 2.75) is 45.3 Å². The summed E-state index contributed by atoms with van der Waals surface area (Å²) in [5.41, 5.74) is -0.426. The SMILES string of the molecule is CN1CCC(Oc2cncc(Nc3cc(=O)[nH]n3C(C)(C)C)n2)CC1. The van der Waals surface area contributed by atoms with Crippen molar-refractivity contribution in [1.82, 2.24) is 24.6 Å². The smallest absolute Gasteiger partial charge is 0.266 e. The number of rotatable bonds is 4. The second kappa shape index (κ2) is 6.87. The summed E-state index contributed by atoms with van der Waals surface area (Å²) >= 11 is 0. The Hall–Kier alpha value is -2.35. The van der Waals surface area contributed by atoms with E-state index in [2.05, 4.69) is 32.3 Å². The number of hydrogen-bond donors (Lipinski definition) is 2. The first-order valence-electron chi connectivity index (χ1n) is 8.58. The van der Waals surface area contributed by atoms with Gasteiger partial charge in [0.05, 0.1) is 17.9 Å². The number of H-pyrrole nitrogens is 1. The van der Waals surface area contributed by atoms with Gasteiger partial charge in [0.25, 0.3) is 5.56 Å². The lowest BCUT2D eigenvalue weighted by atomic mass is 10.1. The Morgan fingerprint density at radius 1 is 1.28 bits per heavy atom. The van der Waals surface area contributed by atoms with Gasteiger partial charge in [0.1, 0.15) is 11.9 Å². The molecule has 2 aromatic heterocycles. The molecule has 0 atom stereocenters. The molecule has 2 N–H and O–H groups in total. The number of aromatic amines is 1. The van der Waals surface area contributed by atoms with E-state index in [4.69, 9.17) is 4.74 Å². The third-order valence-corrected chi connectivity index (χ3v) is 4.22. The fourth-order valence-corrected chi connectivity index (χ4v) is 2.88. The van der Waals surface area contributed by atoms with Crippen LogP contribution in [0.25, 0.3) is 0 Å². The van der Waals surface area contributed by atoms with Gasteiger partial charge in [-0.05, 0) is 40.7 Å². The van der Waals surface area contributed by atoms with Gasteiger partial charge >= 0.3 is 0 Å². The van der Waals surface area contributed by atoms with Crippen LogP contribution in [0.15, 0.2) is 23.3 Å². The van der Waals surface area contributed by atoms with Gasteiger partial charge in [-0.2, -0.15) is 4.98 Å². The molecule has 8 nitrogen and oxygen atoms in total. The van der Waals surface area contributed by atoms with Crippen LogP contribution in [-0.2, 0) is 5.54 Å². The van der Waals surface area contributed by atoms with E-state index in [-0.39, 0.29) is 17.2 Å². The van der Waals surface area contributed by atoms with Crippen molar-refractivity contribution in [3.05, 3.63) is 28.8 Å². The molecule has 3 heterocycles. The van der Waals surface area contributed by atoms with Gasteiger partial charge < -0.3 is 15.0 Å². The summed E-state index contributed by atoms with van der Waals surface area (Å²) in [4.78, 5) is 22.7. The fraction of sp³-hybridized carbons (Fsp3) is 0.588. The highest BCUT2D eigenvalue weighted by molar-refractivity contribution is 5.51. The Bertz CT molecular complexity index is 768. The Labute approximate surface area is 147 Å². The van der Waals surface area contributed by atoms with Gasteiger partial charge in [0, 0.05) is 19.2 Å². The second-order valence-corrected chi connectivity index (χ2v) is 7.50. The monoisotopic (exact) mass is 346 g/mol. The maximum Gasteiger partial charge on any atom is 0.266 e. The number of nitrogens with zero attached hydrogens (tertiary/aromatic N) is 4. The lowest BCUT2D eigenvalue weighted by molar-refractivity contribution is 0.110. The maximum atomic E-state index is 11.7. The molecule has 1 aliphatic heterocycles. The summed E-state index contributed by atoms with van der Waals surface area (Å²) in [6.45, 7) is 8.09. The molecule has 0 unspecified atom stereocenters. The summed E-state index contributed by atoms with van der Waals surface area (Å²) in [7, 11) is 2.12. The Morgan fingerprint density at radius 2 is 2.00 bits per heavy atom. The average molecular weight is 346 g/mol. The third-order valence-electron chi connectivity index (χ3n) is 4.22. The van der Waals surface area contributed by atoms with Crippen LogP contribution in [0.2, 0.25) is 0 Å². The van der Waals surface area contributed by atoms with Crippen molar-refractivity contribution in [2.24, 2.45) is 0 Å². The highest BCUT2D eigenvalue weighted by atomic mass is 16.5. The summed E-state index contributed by atoms with van der Waals surface area (Å²) in [5, 5.41) is 5.96. The summed E-state index contributed by atoms with van der Waals surface area (Å²) < 4.78 is 7.75. The molecule has 2 aromatic rings. The number of anilines is 2. The molecule has 0 aliphatic carbocycles. The number of nitrogens with one attached hydrogen (secondary N) is 2. The number of likely N-dealkylation sites (tertiary alicyclic amines) is 1. The van der Waals surface area contributed by atoms with Crippen molar-refractivity contribution in [2.75, 3.05) is 25.5 Å². The van der Waals surface area contributed by atoms with E-state index in [1.807, 2.05) is 20.8 Å². The summed E-state index contributed by atoms with van der Waals surface area (Å²) in [6, 6.07) is 1.51. The molecule has 0 amide bonds. The molecule has 1 aliphatic rings. The third kappa shape index (κ3) is 4.39. The molecule has 1 saturated heterocycles. The quantitative estimate of drug-likeness (QED) is 0.880. The highest BCUT2D eigenvalue weighted by Gasteiger charge is 2.20. The number of piperidine rings is 1. The molecule has 25 heavy (non-hydrogen) atoms. The molecular weight excluding hydrogens is 320 g/mol. The van der Waals surface area contributed by atoms with E-state index < -0.39 is 0 Å². The predicted octanol–water partition coefficient (Wildman–Crippen LogP) is 1.94. The Morgan fingerprint density at radius 3 is 2.68 bits per heavy atom. The molecular formula is C17H26N6O2. The minimum absolute atomic E-state index is 0.163. The van der Waals surface area contributed by atoms with Crippen molar-refractivity contribution in [1.29, 1.82) is 0 Å². The lowest BCUT2D eigenvalue weighted by Crippen LogP contribution is -2.35. The number of ether oxygens (including phenoxy) is 1. The van der Waals surface area contributed by atoms with Gasteiger partial charge in [-0.1, -0.05) is 0 Å². The van der Waals surface area contributed by atoms with E-state index >= 15 is 0 Å². The zero-order chi connectivity index (χ0) is 18.0. The van der Waals surface area contributed by atoms with Gasteiger partial charge in [0.15, 0.2) is 5.82 Å². The van der Waals surface area contributed by atoms with Crippen LogP contribution in [0.3, 0.4) is 0 Å². The van der Waals surface area contributed by atoms with Crippen LogP contribution >= 0.6 is 0 Å². The molecule has 136 valence electrons. The van der Waals surface area contributed by atoms with Crippen LogP contribution in [0.1, 0.15) is 33.6 Å². The highest BCUT2D eigenvalue weighted by Crippen LogP contribution is 2.22. The zero-order valence-corrected chi connectivity index (χ0v) is 15.2. The van der Waals surface area contributed by atoms with Gasteiger partial charge in [-0.3, -0.25) is 19.6 Å². The van der Waals surface area contributed by atoms with E-state index in [9.17, 15) is 4.79 Å². The normalized spacial score (nSPS) is 16.8. The molecule has 3 rings (SSSR count). The minimum Gasteiger partial charge on any atom is -0.473 e. The molecule has 0 radical (unpaired) electrons. The van der Waals surface area contributed by atoms with E-state index in [0.29, 0.717) is 17.5 Å². The van der Waals surface area contributed by atoms with Gasteiger partial charge in [0.2, 0.25) is 5.88 Å².